The van der Waals surface area contributed by atoms with Crippen LogP contribution in [0.4, 0.5) is 11.5 Å². The first-order chi connectivity index (χ1) is 12.2. The van der Waals surface area contributed by atoms with Crippen LogP contribution in [0.25, 0.3) is 17.0 Å². The van der Waals surface area contributed by atoms with Crippen LogP contribution in [0.15, 0.2) is 53.2 Å². The highest BCUT2D eigenvalue weighted by molar-refractivity contribution is 7.08. The third kappa shape index (κ3) is 3.18. The molecule has 0 saturated heterocycles. The fourth-order valence-electron chi connectivity index (χ4n) is 2.56. The molecule has 0 aliphatic heterocycles. The lowest BCUT2D eigenvalue weighted by atomic mass is 10.2. The third-order valence-corrected chi connectivity index (χ3v) is 4.65. The molecule has 0 aliphatic rings. The maximum Gasteiger partial charge on any atom is 0.186 e. The van der Waals surface area contributed by atoms with Crippen molar-refractivity contribution in [1.29, 1.82) is 0 Å². The van der Waals surface area contributed by atoms with Crippen molar-refractivity contribution in [2.45, 2.75) is 6.54 Å². The van der Waals surface area contributed by atoms with E-state index < -0.39 is 0 Å². The van der Waals surface area contributed by atoms with Gasteiger partial charge in [-0.05, 0) is 41.3 Å². The predicted molar refractivity (Wildman–Crippen MR) is 102 cm³/mol. The lowest BCUT2D eigenvalue weighted by Gasteiger charge is -2.13. The van der Waals surface area contributed by atoms with E-state index in [1.54, 1.807) is 15.9 Å². The Hall–Kier alpha value is -2.93. The fourth-order valence-corrected chi connectivity index (χ4v) is 3.19. The highest BCUT2D eigenvalue weighted by Gasteiger charge is 2.10. The molecular formula is C18H18N6S. The van der Waals surface area contributed by atoms with Crippen LogP contribution in [0.5, 0.6) is 0 Å². The first-order valence-electron chi connectivity index (χ1n) is 7.96. The molecule has 7 heteroatoms. The van der Waals surface area contributed by atoms with E-state index in [4.69, 9.17) is 0 Å². The average Bonchev–Trinajstić information content (AvgIpc) is 3.29. The number of hydrogen-bond donors (Lipinski definition) is 1. The summed E-state index contributed by atoms with van der Waals surface area (Å²) in [5.74, 6) is 1.55. The Kier molecular flexibility index (Phi) is 4.07. The summed E-state index contributed by atoms with van der Waals surface area (Å²) in [4.78, 5) is 2.09. The summed E-state index contributed by atoms with van der Waals surface area (Å²) in [6.07, 6.45) is 0. The number of hydrogen-bond acceptors (Lipinski definition) is 6. The second-order valence-electron chi connectivity index (χ2n) is 5.94. The number of rotatable bonds is 5. The minimum Gasteiger partial charge on any atom is -0.378 e. The van der Waals surface area contributed by atoms with Gasteiger partial charge in [0, 0.05) is 37.3 Å². The molecule has 0 fully saturated rings. The molecule has 0 radical (unpaired) electrons. The van der Waals surface area contributed by atoms with Gasteiger partial charge in [0.2, 0.25) is 0 Å². The van der Waals surface area contributed by atoms with Gasteiger partial charge in [-0.2, -0.15) is 15.9 Å². The molecule has 3 aromatic heterocycles. The van der Waals surface area contributed by atoms with Crippen LogP contribution in [0.2, 0.25) is 0 Å². The highest BCUT2D eigenvalue weighted by Crippen LogP contribution is 2.21. The number of fused-ring (bicyclic) bond motifs is 1. The lowest BCUT2D eigenvalue weighted by molar-refractivity contribution is 0.926. The molecule has 0 spiro atoms. The predicted octanol–water partition coefficient (Wildman–Crippen LogP) is 3.53. The minimum absolute atomic E-state index is 0.710. The van der Waals surface area contributed by atoms with E-state index in [1.165, 1.54) is 11.3 Å². The zero-order chi connectivity index (χ0) is 17.2. The van der Waals surface area contributed by atoms with Crippen molar-refractivity contribution in [3.8, 4) is 11.4 Å². The highest BCUT2D eigenvalue weighted by atomic mass is 32.1. The van der Waals surface area contributed by atoms with Gasteiger partial charge in [-0.3, -0.25) is 0 Å². The normalized spacial score (nSPS) is 11.0. The van der Waals surface area contributed by atoms with Gasteiger partial charge >= 0.3 is 0 Å². The summed E-state index contributed by atoms with van der Waals surface area (Å²) in [6, 6.07) is 14.3. The maximum absolute atomic E-state index is 4.63. The van der Waals surface area contributed by atoms with Crippen molar-refractivity contribution in [1.82, 2.24) is 19.8 Å². The van der Waals surface area contributed by atoms with Crippen molar-refractivity contribution in [3.63, 3.8) is 0 Å². The molecule has 25 heavy (non-hydrogen) atoms. The van der Waals surface area contributed by atoms with Gasteiger partial charge in [0.05, 0.1) is 0 Å². The molecule has 4 rings (SSSR count). The summed E-state index contributed by atoms with van der Waals surface area (Å²) >= 11 is 1.63. The van der Waals surface area contributed by atoms with Crippen LogP contribution in [0, 0.1) is 0 Å². The van der Waals surface area contributed by atoms with E-state index in [0.29, 0.717) is 6.54 Å². The third-order valence-electron chi connectivity index (χ3n) is 3.97. The van der Waals surface area contributed by atoms with Crippen LogP contribution in [-0.4, -0.2) is 33.9 Å². The maximum atomic E-state index is 4.63. The Morgan fingerprint density at radius 3 is 2.60 bits per heavy atom. The summed E-state index contributed by atoms with van der Waals surface area (Å²) in [5.41, 5.74) is 4.16. The summed E-state index contributed by atoms with van der Waals surface area (Å²) in [5, 5.41) is 20.5. The standard InChI is InChI=1S/C18H18N6S/c1-23(2)15-5-3-13(4-6-15)11-19-16-7-8-17-20-21-18(24(17)22-16)14-9-10-25-12-14/h3-10,12H,11H2,1-2H3,(H,19,22). The second kappa shape index (κ2) is 6.52. The van der Waals surface area contributed by atoms with Gasteiger partial charge in [-0.1, -0.05) is 12.1 Å². The van der Waals surface area contributed by atoms with Crippen LogP contribution in [0.3, 0.4) is 0 Å². The minimum atomic E-state index is 0.710. The molecule has 1 aromatic carbocycles. The Bertz CT molecular complexity index is 973. The number of nitrogens with zero attached hydrogens (tertiary/aromatic N) is 5. The molecule has 126 valence electrons. The number of anilines is 2. The van der Waals surface area contributed by atoms with E-state index in [-0.39, 0.29) is 0 Å². The number of thiophene rings is 1. The monoisotopic (exact) mass is 350 g/mol. The van der Waals surface area contributed by atoms with Crippen molar-refractivity contribution in [3.05, 3.63) is 58.8 Å². The molecule has 0 saturated carbocycles. The van der Waals surface area contributed by atoms with Crippen LogP contribution < -0.4 is 10.2 Å². The Morgan fingerprint density at radius 2 is 1.88 bits per heavy atom. The topological polar surface area (TPSA) is 58.3 Å². The van der Waals surface area contributed by atoms with Crippen LogP contribution in [-0.2, 0) is 6.54 Å². The Labute approximate surface area is 149 Å². The van der Waals surface area contributed by atoms with Gasteiger partial charge in [-0.25, -0.2) is 0 Å². The SMILES string of the molecule is CN(C)c1ccc(CNc2ccc3nnc(-c4ccsc4)n3n2)cc1. The van der Waals surface area contributed by atoms with Gasteiger partial charge in [0.1, 0.15) is 5.82 Å². The van der Waals surface area contributed by atoms with Gasteiger partial charge in [0.15, 0.2) is 11.5 Å². The van der Waals surface area contributed by atoms with Crippen molar-refractivity contribution in [2.24, 2.45) is 0 Å². The summed E-state index contributed by atoms with van der Waals surface area (Å²) in [7, 11) is 4.08. The quantitative estimate of drug-likeness (QED) is 0.597. The molecule has 0 atom stereocenters. The lowest BCUT2D eigenvalue weighted by Crippen LogP contribution is -2.09. The van der Waals surface area contributed by atoms with E-state index in [9.17, 15) is 0 Å². The molecule has 3 heterocycles. The molecule has 4 aromatic rings. The molecule has 0 amide bonds. The first kappa shape index (κ1) is 15.6. The van der Waals surface area contributed by atoms with E-state index >= 15 is 0 Å². The molecular weight excluding hydrogens is 332 g/mol. The van der Waals surface area contributed by atoms with E-state index in [1.807, 2.05) is 43.1 Å². The smallest absolute Gasteiger partial charge is 0.186 e. The average molecular weight is 350 g/mol. The van der Waals surface area contributed by atoms with Gasteiger partial charge in [-0.15, -0.1) is 15.3 Å². The summed E-state index contributed by atoms with van der Waals surface area (Å²) < 4.78 is 1.78. The first-order valence-corrected chi connectivity index (χ1v) is 8.90. The second-order valence-corrected chi connectivity index (χ2v) is 6.72. The Balaban J connectivity index is 1.54. The Morgan fingerprint density at radius 1 is 1.04 bits per heavy atom. The molecule has 0 aliphatic carbocycles. The van der Waals surface area contributed by atoms with Crippen molar-refractivity contribution in [2.75, 3.05) is 24.3 Å². The number of nitrogens with one attached hydrogen (secondary N) is 1. The van der Waals surface area contributed by atoms with Crippen molar-refractivity contribution >= 4 is 28.5 Å². The van der Waals surface area contributed by atoms with Crippen LogP contribution >= 0.6 is 11.3 Å². The number of benzene rings is 1. The van der Waals surface area contributed by atoms with E-state index in [0.717, 1.165) is 22.9 Å². The zero-order valence-electron chi connectivity index (χ0n) is 14.0. The number of aromatic nitrogens is 4. The van der Waals surface area contributed by atoms with E-state index in [2.05, 4.69) is 49.8 Å². The van der Waals surface area contributed by atoms with Crippen molar-refractivity contribution < 1.29 is 0 Å². The zero-order valence-corrected chi connectivity index (χ0v) is 14.9. The fraction of sp³-hybridized carbons (Fsp3) is 0.167. The molecule has 0 unspecified atom stereocenters. The molecule has 6 nitrogen and oxygen atoms in total. The van der Waals surface area contributed by atoms with Crippen LogP contribution in [0.1, 0.15) is 5.56 Å². The molecule has 0 bridgehead atoms. The van der Waals surface area contributed by atoms with Gasteiger partial charge < -0.3 is 10.2 Å². The largest absolute Gasteiger partial charge is 0.378 e. The molecule has 1 N–H and O–H groups in total. The van der Waals surface area contributed by atoms with Gasteiger partial charge in [0.25, 0.3) is 0 Å². The summed E-state index contributed by atoms with van der Waals surface area (Å²) in [6.45, 7) is 0.710.